The van der Waals surface area contributed by atoms with E-state index in [1.807, 2.05) is 0 Å². The summed E-state index contributed by atoms with van der Waals surface area (Å²) in [5, 5.41) is 6.57. The van der Waals surface area contributed by atoms with Gasteiger partial charge in [0, 0.05) is 47.5 Å². The van der Waals surface area contributed by atoms with E-state index in [0.29, 0.717) is 6.04 Å². The lowest BCUT2D eigenvalue weighted by atomic mass is 10.0. The fourth-order valence-corrected chi connectivity index (χ4v) is 4.95. The predicted molar refractivity (Wildman–Crippen MR) is 127 cm³/mol. The van der Waals surface area contributed by atoms with E-state index in [1.54, 1.807) is 0 Å². The third kappa shape index (κ3) is 3.88. The molecule has 0 aliphatic carbocycles. The van der Waals surface area contributed by atoms with Gasteiger partial charge in [0.25, 0.3) is 0 Å². The zero-order chi connectivity index (χ0) is 20.3. The predicted octanol–water partition coefficient (Wildman–Crippen LogP) is 5.57. The van der Waals surface area contributed by atoms with Crippen molar-refractivity contribution in [2.75, 3.05) is 13.1 Å². The molecule has 1 aromatic heterocycles. The average molecular weight is 398 g/mol. The number of hydrogen-bond acceptors (Lipinski definition) is 2. The van der Waals surface area contributed by atoms with Gasteiger partial charge < -0.3 is 9.88 Å². The number of fused-ring (bicyclic) bond motifs is 3. The van der Waals surface area contributed by atoms with Gasteiger partial charge in [-0.05, 0) is 62.2 Å². The van der Waals surface area contributed by atoms with Crippen molar-refractivity contribution in [1.29, 1.82) is 0 Å². The second-order valence-electron chi connectivity index (χ2n) is 8.53. The maximum atomic E-state index is 3.82. The number of hydrogen-bond donors (Lipinski definition) is 1. The van der Waals surface area contributed by atoms with Gasteiger partial charge in [-0.2, -0.15) is 0 Å². The van der Waals surface area contributed by atoms with Crippen LogP contribution in [-0.4, -0.2) is 28.6 Å². The molecule has 0 bridgehead atoms. The molecule has 5 rings (SSSR count). The molecule has 4 aromatic rings. The zero-order valence-corrected chi connectivity index (χ0v) is 17.8. The molecule has 0 amide bonds. The van der Waals surface area contributed by atoms with Crippen LogP contribution in [0, 0.1) is 0 Å². The highest BCUT2D eigenvalue weighted by Crippen LogP contribution is 2.29. The third-order valence-corrected chi connectivity index (χ3v) is 6.58. The fraction of sp³-hybridized carbons (Fsp3) is 0.333. The normalized spacial score (nSPS) is 15.9. The summed E-state index contributed by atoms with van der Waals surface area (Å²) < 4.78 is 2.42. The highest BCUT2D eigenvalue weighted by atomic mass is 15.1. The van der Waals surface area contributed by atoms with Gasteiger partial charge in [-0.25, -0.2) is 0 Å². The molecule has 3 nitrogen and oxygen atoms in total. The van der Waals surface area contributed by atoms with Crippen molar-refractivity contribution in [1.82, 2.24) is 14.8 Å². The van der Waals surface area contributed by atoms with Gasteiger partial charge in [-0.1, -0.05) is 54.6 Å². The van der Waals surface area contributed by atoms with E-state index in [9.17, 15) is 0 Å². The van der Waals surface area contributed by atoms with Gasteiger partial charge in [0.1, 0.15) is 0 Å². The van der Waals surface area contributed by atoms with Crippen LogP contribution in [0.15, 0.2) is 72.8 Å². The molecule has 0 unspecified atom stereocenters. The molecule has 3 aromatic carbocycles. The second-order valence-corrected chi connectivity index (χ2v) is 8.53. The lowest BCUT2D eigenvalue weighted by Crippen LogP contribution is -2.41. The van der Waals surface area contributed by atoms with Crippen LogP contribution in [-0.2, 0) is 19.6 Å². The Morgan fingerprint density at radius 3 is 2.33 bits per heavy atom. The Bertz CT molecular complexity index is 1120. The Morgan fingerprint density at radius 1 is 0.800 bits per heavy atom. The van der Waals surface area contributed by atoms with Crippen molar-refractivity contribution in [2.24, 2.45) is 0 Å². The van der Waals surface area contributed by atoms with E-state index in [-0.39, 0.29) is 0 Å². The van der Waals surface area contributed by atoms with Gasteiger partial charge in [-0.3, -0.25) is 4.90 Å². The molecule has 1 fully saturated rings. The highest BCUT2D eigenvalue weighted by molar-refractivity contribution is 6.08. The molecule has 0 saturated carbocycles. The number of aromatic nitrogens is 1. The van der Waals surface area contributed by atoms with E-state index in [0.717, 1.165) is 19.6 Å². The number of piperidine rings is 1. The van der Waals surface area contributed by atoms with E-state index < -0.39 is 0 Å². The maximum absolute atomic E-state index is 3.82. The number of nitrogens with one attached hydrogen (secondary N) is 1. The van der Waals surface area contributed by atoms with E-state index in [4.69, 9.17) is 0 Å². The SMILES string of the molecule is CCn1c2ccccc2c2cc(CNC3CCN(Cc4ccccc4)CC3)ccc21. The smallest absolute Gasteiger partial charge is 0.0491 e. The fourth-order valence-electron chi connectivity index (χ4n) is 4.95. The van der Waals surface area contributed by atoms with Crippen molar-refractivity contribution in [3.8, 4) is 0 Å². The molecule has 1 aliphatic rings. The molecule has 154 valence electrons. The van der Waals surface area contributed by atoms with Crippen molar-refractivity contribution < 1.29 is 0 Å². The van der Waals surface area contributed by atoms with E-state index >= 15 is 0 Å². The van der Waals surface area contributed by atoms with Gasteiger partial charge in [0.2, 0.25) is 0 Å². The molecule has 1 N–H and O–H groups in total. The number of likely N-dealkylation sites (tertiary alicyclic amines) is 1. The molecule has 2 heterocycles. The summed E-state index contributed by atoms with van der Waals surface area (Å²) in [6.45, 7) is 7.61. The Kier molecular flexibility index (Phi) is 5.56. The number of para-hydroxylation sites is 1. The summed E-state index contributed by atoms with van der Waals surface area (Å²) >= 11 is 0. The van der Waals surface area contributed by atoms with Crippen LogP contribution in [0.3, 0.4) is 0 Å². The quantitative estimate of drug-likeness (QED) is 0.459. The number of nitrogens with zero attached hydrogens (tertiary/aromatic N) is 2. The number of rotatable bonds is 6. The van der Waals surface area contributed by atoms with Gasteiger partial charge in [0.05, 0.1) is 0 Å². The van der Waals surface area contributed by atoms with Crippen LogP contribution in [0.4, 0.5) is 0 Å². The molecular weight excluding hydrogens is 366 g/mol. The van der Waals surface area contributed by atoms with Crippen LogP contribution < -0.4 is 5.32 Å². The molecule has 1 saturated heterocycles. The number of aryl methyl sites for hydroxylation is 1. The lowest BCUT2D eigenvalue weighted by Gasteiger charge is -2.32. The second kappa shape index (κ2) is 8.63. The topological polar surface area (TPSA) is 20.2 Å². The van der Waals surface area contributed by atoms with Crippen LogP contribution in [0.5, 0.6) is 0 Å². The lowest BCUT2D eigenvalue weighted by molar-refractivity contribution is 0.190. The first kappa shape index (κ1) is 19.3. The minimum Gasteiger partial charge on any atom is -0.341 e. The Morgan fingerprint density at radius 2 is 1.53 bits per heavy atom. The number of benzene rings is 3. The minimum absolute atomic E-state index is 0.615. The van der Waals surface area contributed by atoms with Crippen LogP contribution in [0.25, 0.3) is 21.8 Å². The van der Waals surface area contributed by atoms with Gasteiger partial charge in [-0.15, -0.1) is 0 Å². The van der Waals surface area contributed by atoms with Crippen molar-refractivity contribution in [3.05, 3.63) is 83.9 Å². The van der Waals surface area contributed by atoms with Crippen molar-refractivity contribution in [2.45, 2.75) is 45.4 Å². The first-order chi connectivity index (χ1) is 14.8. The maximum Gasteiger partial charge on any atom is 0.0491 e. The van der Waals surface area contributed by atoms with Crippen molar-refractivity contribution in [3.63, 3.8) is 0 Å². The zero-order valence-electron chi connectivity index (χ0n) is 17.8. The van der Waals surface area contributed by atoms with Gasteiger partial charge in [0.15, 0.2) is 0 Å². The summed E-state index contributed by atoms with van der Waals surface area (Å²) in [6.07, 6.45) is 2.45. The van der Waals surface area contributed by atoms with Crippen LogP contribution >= 0.6 is 0 Å². The average Bonchev–Trinajstić information content (AvgIpc) is 3.12. The molecular formula is C27H31N3. The first-order valence-corrected chi connectivity index (χ1v) is 11.3. The largest absolute Gasteiger partial charge is 0.341 e. The highest BCUT2D eigenvalue weighted by Gasteiger charge is 2.19. The van der Waals surface area contributed by atoms with E-state index in [1.165, 1.54) is 58.9 Å². The molecule has 3 heteroatoms. The Labute approximate surface area is 179 Å². The standard InChI is InChI=1S/C27H31N3/c1-2-30-26-11-7-6-10-24(26)25-18-22(12-13-27(25)30)19-28-23-14-16-29(17-15-23)20-21-8-4-3-5-9-21/h3-13,18,23,28H,2,14-17,19-20H2,1H3. The van der Waals surface area contributed by atoms with Crippen molar-refractivity contribution >= 4 is 21.8 Å². The summed E-state index contributed by atoms with van der Waals surface area (Å²) in [6, 6.07) is 27.2. The molecule has 0 atom stereocenters. The Balaban J connectivity index is 1.22. The Hall–Kier alpha value is -2.62. The van der Waals surface area contributed by atoms with E-state index in [2.05, 4.69) is 94.5 Å². The summed E-state index contributed by atoms with van der Waals surface area (Å²) in [5.74, 6) is 0. The third-order valence-electron chi connectivity index (χ3n) is 6.58. The van der Waals surface area contributed by atoms with Gasteiger partial charge >= 0.3 is 0 Å². The summed E-state index contributed by atoms with van der Waals surface area (Å²) in [4.78, 5) is 2.58. The van der Waals surface area contributed by atoms with Crippen LogP contribution in [0.1, 0.15) is 30.9 Å². The van der Waals surface area contributed by atoms with Crippen LogP contribution in [0.2, 0.25) is 0 Å². The molecule has 0 radical (unpaired) electrons. The summed E-state index contributed by atoms with van der Waals surface area (Å²) in [7, 11) is 0. The summed E-state index contributed by atoms with van der Waals surface area (Å²) in [5.41, 5.74) is 5.49. The molecule has 30 heavy (non-hydrogen) atoms. The molecule has 0 spiro atoms. The monoisotopic (exact) mass is 397 g/mol. The first-order valence-electron chi connectivity index (χ1n) is 11.3. The minimum atomic E-state index is 0.615. The molecule has 1 aliphatic heterocycles.